The van der Waals surface area contributed by atoms with Gasteiger partial charge in [-0.15, -0.1) is 24.0 Å². The van der Waals surface area contributed by atoms with E-state index < -0.39 is 0 Å². The average molecular weight is 556 g/mol. The van der Waals surface area contributed by atoms with E-state index in [1.165, 1.54) is 5.56 Å². The SMILES string of the molecule is CCNC(=NCC1CCOC1c1ccccc1)N1CCC(C(=O)N2CCOCC2)CC1.I. The predicted octanol–water partition coefficient (Wildman–Crippen LogP) is 2.92. The molecule has 3 heterocycles. The molecule has 7 nitrogen and oxygen atoms in total. The Hall–Kier alpha value is -1.39. The summed E-state index contributed by atoms with van der Waals surface area (Å²) >= 11 is 0. The summed E-state index contributed by atoms with van der Waals surface area (Å²) in [5.74, 6) is 1.80. The molecule has 0 aliphatic carbocycles. The van der Waals surface area contributed by atoms with Gasteiger partial charge in [-0.2, -0.15) is 0 Å². The molecule has 0 spiro atoms. The topological polar surface area (TPSA) is 66.4 Å². The third-order valence-corrected chi connectivity index (χ3v) is 6.62. The van der Waals surface area contributed by atoms with Gasteiger partial charge in [-0.25, -0.2) is 0 Å². The van der Waals surface area contributed by atoms with E-state index in [0.29, 0.717) is 25.0 Å². The van der Waals surface area contributed by atoms with Gasteiger partial charge in [-0.1, -0.05) is 30.3 Å². The maximum Gasteiger partial charge on any atom is 0.225 e. The van der Waals surface area contributed by atoms with Crippen LogP contribution in [0.1, 0.15) is 37.9 Å². The molecule has 3 aliphatic heterocycles. The Balaban J connectivity index is 0.00000289. The van der Waals surface area contributed by atoms with Crippen LogP contribution in [0.4, 0.5) is 0 Å². The molecule has 0 radical (unpaired) electrons. The molecule has 178 valence electrons. The molecule has 1 N–H and O–H groups in total. The van der Waals surface area contributed by atoms with E-state index >= 15 is 0 Å². The Kier molecular flexibility index (Phi) is 10.1. The lowest BCUT2D eigenvalue weighted by Gasteiger charge is -2.37. The van der Waals surface area contributed by atoms with Gasteiger partial charge in [0.1, 0.15) is 0 Å². The van der Waals surface area contributed by atoms with E-state index in [4.69, 9.17) is 14.5 Å². The Morgan fingerprint density at radius 2 is 1.75 bits per heavy atom. The molecule has 2 unspecified atom stereocenters. The average Bonchev–Trinajstić information content (AvgIpc) is 3.31. The van der Waals surface area contributed by atoms with Crippen LogP contribution in [0, 0.1) is 11.8 Å². The van der Waals surface area contributed by atoms with Gasteiger partial charge in [0.05, 0.1) is 19.3 Å². The first-order valence-electron chi connectivity index (χ1n) is 11.8. The number of rotatable bonds is 5. The number of amides is 1. The minimum atomic E-state index is 0. The second kappa shape index (κ2) is 12.7. The molecule has 2 atom stereocenters. The lowest BCUT2D eigenvalue weighted by atomic mass is 9.95. The van der Waals surface area contributed by atoms with Crippen molar-refractivity contribution in [2.75, 3.05) is 59.1 Å². The number of likely N-dealkylation sites (tertiary alicyclic amines) is 1. The van der Waals surface area contributed by atoms with Crippen molar-refractivity contribution in [1.82, 2.24) is 15.1 Å². The molecule has 3 aliphatic rings. The highest BCUT2D eigenvalue weighted by atomic mass is 127. The number of benzene rings is 1. The van der Waals surface area contributed by atoms with Crippen LogP contribution in [-0.2, 0) is 14.3 Å². The first kappa shape index (κ1) is 25.2. The van der Waals surface area contributed by atoms with Crippen LogP contribution in [0.25, 0.3) is 0 Å². The number of nitrogens with zero attached hydrogens (tertiary/aromatic N) is 3. The Morgan fingerprint density at radius 1 is 1.03 bits per heavy atom. The van der Waals surface area contributed by atoms with Crippen LogP contribution in [0.2, 0.25) is 0 Å². The molecule has 3 saturated heterocycles. The van der Waals surface area contributed by atoms with Crippen LogP contribution >= 0.6 is 24.0 Å². The van der Waals surface area contributed by atoms with Gasteiger partial charge in [-0.05, 0) is 31.7 Å². The Labute approximate surface area is 208 Å². The molecule has 0 saturated carbocycles. The molecule has 0 bridgehead atoms. The van der Waals surface area contributed by atoms with Crippen LogP contribution < -0.4 is 5.32 Å². The number of carbonyl (C=O) groups is 1. The molecule has 8 heteroatoms. The molecule has 3 fully saturated rings. The number of piperidine rings is 1. The number of carbonyl (C=O) groups excluding carboxylic acids is 1. The molecule has 1 aromatic rings. The van der Waals surface area contributed by atoms with E-state index in [0.717, 1.165) is 71.1 Å². The van der Waals surface area contributed by atoms with Crippen molar-refractivity contribution in [2.24, 2.45) is 16.8 Å². The Morgan fingerprint density at radius 3 is 2.44 bits per heavy atom. The van der Waals surface area contributed by atoms with Crippen LogP contribution in [-0.4, -0.2) is 80.8 Å². The van der Waals surface area contributed by atoms with Gasteiger partial charge in [0.25, 0.3) is 0 Å². The highest BCUT2D eigenvalue weighted by molar-refractivity contribution is 14.0. The number of hydrogen-bond donors (Lipinski definition) is 1. The fraction of sp³-hybridized carbons (Fsp3) is 0.667. The summed E-state index contributed by atoms with van der Waals surface area (Å²) < 4.78 is 11.4. The quantitative estimate of drug-likeness (QED) is 0.344. The largest absolute Gasteiger partial charge is 0.378 e. The number of hydrogen-bond acceptors (Lipinski definition) is 4. The molecule has 1 amide bonds. The van der Waals surface area contributed by atoms with Crippen molar-refractivity contribution in [2.45, 2.75) is 32.3 Å². The molecule has 1 aromatic carbocycles. The van der Waals surface area contributed by atoms with Crippen molar-refractivity contribution < 1.29 is 14.3 Å². The van der Waals surface area contributed by atoms with E-state index in [-0.39, 0.29) is 36.0 Å². The van der Waals surface area contributed by atoms with Crippen LogP contribution in [0.3, 0.4) is 0 Å². The monoisotopic (exact) mass is 556 g/mol. The summed E-state index contributed by atoms with van der Waals surface area (Å²) in [6.07, 6.45) is 2.95. The van der Waals surface area contributed by atoms with Gasteiger partial charge >= 0.3 is 0 Å². The van der Waals surface area contributed by atoms with Crippen molar-refractivity contribution in [1.29, 1.82) is 0 Å². The second-order valence-electron chi connectivity index (χ2n) is 8.64. The van der Waals surface area contributed by atoms with Gasteiger partial charge in [0.15, 0.2) is 5.96 Å². The summed E-state index contributed by atoms with van der Waals surface area (Å²) in [7, 11) is 0. The van der Waals surface area contributed by atoms with Gasteiger partial charge in [-0.3, -0.25) is 9.79 Å². The number of nitrogens with one attached hydrogen (secondary N) is 1. The van der Waals surface area contributed by atoms with Gasteiger partial charge < -0.3 is 24.6 Å². The number of aliphatic imine (C=N–C) groups is 1. The molecular weight excluding hydrogens is 519 g/mol. The van der Waals surface area contributed by atoms with Crippen molar-refractivity contribution >= 4 is 35.8 Å². The zero-order valence-corrected chi connectivity index (χ0v) is 21.4. The summed E-state index contributed by atoms with van der Waals surface area (Å²) in [5, 5.41) is 3.46. The second-order valence-corrected chi connectivity index (χ2v) is 8.64. The standard InChI is InChI=1S/C24H36N4O3.HI/c1-2-25-24(26-18-21-10-15-31-22(21)19-6-4-3-5-7-19)28-11-8-20(9-12-28)23(29)27-13-16-30-17-14-27;/h3-7,20-22H,2,8-18H2,1H3,(H,25,26);1H. The zero-order valence-electron chi connectivity index (χ0n) is 19.1. The highest BCUT2D eigenvalue weighted by Crippen LogP contribution is 2.34. The lowest BCUT2D eigenvalue weighted by Crippen LogP contribution is -2.50. The predicted molar refractivity (Wildman–Crippen MR) is 136 cm³/mol. The molecule has 4 rings (SSSR count). The highest BCUT2D eigenvalue weighted by Gasteiger charge is 2.32. The number of guanidine groups is 1. The third-order valence-electron chi connectivity index (χ3n) is 6.62. The summed E-state index contributed by atoms with van der Waals surface area (Å²) in [5.41, 5.74) is 1.24. The van der Waals surface area contributed by atoms with E-state index in [1.807, 2.05) is 11.0 Å². The number of halogens is 1. The first-order valence-corrected chi connectivity index (χ1v) is 11.8. The van der Waals surface area contributed by atoms with Crippen LogP contribution in [0.5, 0.6) is 0 Å². The number of ether oxygens (including phenoxy) is 2. The fourth-order valence-corrected chi connectivity index (χ4v) is 4.84. The Bertz CT molecular complexity index is 734. The third kappa shape index (κ3) is 6.35. The number of morpholine rings is 1. The maximum atomic E-state index is 12.8. The zero-order chi connectivity index (χ0) is 21.5. The molecule has 32 heavy (non-hydrogen) atoms. The maximum absolute atomic E-state index is 12.8. The van der Waals surface area contributed by atoms with E-state index in [2.05, 4.69) is 41.4 Å². The van der Waals surface area contributed by atoms with E-state index in [9.17, 15) is 4.79 Å². The lowest BCUT2D eigenvalue weighted by molar-refractivity contribution is -0.140. The minimum absolute atomic E-state index is 0. The fourth-order valence-electron chi connectivity index (χ4n) is 4.84. The summed E-state index contributed by atoms with van der Waals surface area (Å²) in [4.78, 5) is 22.1. The van der Waals surface area contributed by atoms with E-state index in [1.54, 1.807) is 0 Å². The summed E-state index contributed by atoms with van der Waals surface area (Å²) in [6.45, 7) is 9.04. The molecule has 0 aromatic heterocycles. The minimum Gasteiger partial charge on any atom is -0.378 e. The first-order chi connectivity index (χ1) is 15.3. The van der Waals surface area contributed by atoms with Crippen molar-refractivity contribution in [3.63, 3.8) is 0 Å². The van der Waals surface area contributed by atoms with Crippen LogP contribution in [0.15, 0.2) is 35.3 Å². The van der Waals surface area contributed by atoms with Gasteiger partial charge in [0, 0.05) is 57.7 Å². The summed E-state index contributed by atoms with van der Waals surface area (Å²) in [6, 6.07) is 10.5. The van der Waals surface area contributed by atoms with Crippen molar-refractivity contribution in [3.05, 3.63) is 35.9 Å². The van der Waals surface area contributed by atoms with Crippen molar-refractivity contribution in [3.8, 4) is 0 Å². The smallest absolute Gasteiger partial charge is 0.225 e. The molecular formula is C24H37IN4O3. The van der Waals surface area contributed by atoms with Gasteiger partial charge in [0.2, 0.25) is 5.91 Å². The normalized spacial score (nSPS) is 24.8.